The maximum absolute atomic E-state index is 13.2. The van der Waals surface area contributed by atoms with Crippen LogP contribution in [0.5, 0.6) is 17.4 Å². The lowest BCUT2D eigenvalue weighted by atomic mass is 9.95. The number of benzene rings is 1. The Morgan fingerprint density at radius 2 is 1.96 bits per heavy atom. The Morgan fingerprint density at radius 1 is 1.21 bits per heavy atom. The minimum absolute atomic E-state index is 0.00497. The summed E-state index contributed by atoms with van der Waals surface area (Å²) in [4.78, 5) is 11.7. The van der Waals surface area contributed by atoms with Crippen molar-refractivity contribution in [3.8, 4) is 17.4 Å². The van der Waals surface area contributed by atoms with Gasteiger partial charge in [0.25, 0.3) is 5.82 Å². The molecule has 1 atom stereocenters. The Labute approximate surface area is 157 Å². The van der Waals surface area contributed by atoms with E-state index in [0.29, 0.717) is 21.4 Å². The average Bonchev–Trinajstić information content (AvgIpc) is 3.03. The predicted octanol–water partition coefficient (Wildman–Crippen LogP) is 3.96. The van der Waals surface area contributed by atoms with E-state index >= 15 is 0 Å². The summed E-state index contributed by atoms with van der Waals surface area (Å²) in [6.07, 6.45) is -4.42. The smallest absolute Gasteiger partial charge is 0.437 e. The standard InChI is InChI=1S/C18H15F3N4O3/c1-8-6-14(26)28-13-7-11(4-5-12(8)13)27-16-10(3)9(2)15-22-23-17(18(19,20)21)25(15)24-16/h4-5,7-8H,6H2,1-3H3. The number of halogens is 3. The third-order valence-electron chi connectivity index (χ3n) is 4.73. The molecule has 4 rings (SSSR count). The van der Waals surface area contributed by atoms with Gasteiger partial charge in [0.05, 0.1) is 6.42 Å². The fourth-order valence-corrected chi connectivity index (χ4v) is 3.09. The zero-order valence-electron chi connectivity index (χ0n) is 15.2. The zero-order chi connectivity index (χ0) is 20.2. The molecule has 0 saturated carbocycles. The summed E-state index contributed by atoms with van der Waals surface area (Å²) in [5.74, 6) is -0.930. The van der Waals surface area contributed by atoms with Crippen molar-refractivity contribution < 1.29 is 27.4 Å². The highest BCUT2D eigenvalue weighted by Crippen LogP contribution is 2.38. The second-order valence-corrected chi connectivity index (χ2v) is 6.69. The molecule has 0 N–H and O–H groups in total. The number of esters is 1. The third-order valence-corrected chi connectivity index (χ3v) is 4.73. The molecule has 0 fully saturated rings. The highest BCUT2D eigenvalue weighted by molar-refractivity contribution is 5.76. The van der Waals surface area contributed by atoms with E-state index in [2.05, 4.69) is 15.3 Å². The Bertz CT molecular complexity index is 1110. The first-order valence-electron chi connectivity index (χ1n) is 8.47. The predicted molar refractivity (Wildman–Crippen MR) is 90.4 cm³/mol. The van der Waals surface area contributed by atoms with Crippen molar-refractivity contribution in [3.63, 3.8) is 0 Å². The lowest BCUT2D eigenvalue weighted by molar-refractivity contribution is -0.146. The van der Waals surface area contributed by atoms with Crippen molar-refractivity contribution in [2.75, 3.05) is 0 Å². The van der Waals surface area contributed by atoms with E-state index in [9.17, 15) is 18.0 Å². The van der Waals surface area contributed by atoms with E-state index in [-0.39, 0.29) is 35.6 Å². The zero-order valence-corrected chi connectivity index (χ0v) is 15.2. The number of aryl methyl sites for hydroxylation is 1. The largest absolute Gasteiger partial charge is 0.453 e. The summed E-state index contributed by atoms with van der Waals surface area (Å²) in [6, 6.07) is 4.95. The van der Waals surface area contributed by atoms with Crippen LogP contribution in [0.1, 0.15) is 41.8 Å². The van der Waals surface area contributed by atoms with Gasteiger partial charge in [0.15, 0.2) is 5.65 Å². The Morgan fingerprint density at radius 3 is 2.68 bits per heavy atom. The number of nitrogens with zero attached hydrogens (tertiary/aromatic N) is 4. The highest BCUT2D eigenvalue weighted by Gasteiger charge is 2.38. The van der Waals surface area contributed by atoms with Crippen molar-refractivity contribution >= 4 is 11.6 Å². The molecule has 0 spiro atoms. The first-order chi connectivity index (χ1) is 13.1. The second kappa shape index (κ2) is 6.18. The molecule has 0 aliphatic carbocycles. The topological polar surface area (TPSA) is 78.6 Å². The van der Waals surface area contributed by atoms with Crippen LogP contribution < -0.4 is 9.47 Å². The Kier molecular flexibility index (Phi) is 4.02. The highest BCUT2D eigenvalue weighted by atomic mass is 19.4. The summed E-state index contributed by atoms with van der Waals surface area (Å²) in [6.45, 7) is 5.19. The van der Waals surface area contributed by atoms with Gasteiger partial charge in [-0.05, 0) is 31.4 Å². The summed E-state index contributed by atoms with van der Waals surface area (Å²) < 4.78 is 51.0. The van der Waals surface area contributed by atoms with E-state index in [4.69, 9.17) is 9.47 Å². The van der Waals surface area contributed by atoms with Gasteiger partial charge >= 0.3 is 12.1 Å². The first kappa shape index (κ1) is 18.2. The molecule has 146 valence electrons. The summed E-state index contributed by atoms with van der Waals surface area (Å²) in [5.41, 5.74) is 1.86. The van der Waals surface area contributed by atoms with Gasteiger partial charge in [-0.15, -0.1) is 15.3 Å². The molecule has 1 aromatic carbocycles. The Hall–Kier alpha value is -3.17. The maximum Gasteiger partial charge on any atom is 0.453 e. The number of carbonyl (C=O) groups excluding carboxylic acids is 1. The SMILES string of the molecule is Cc1c(Oc2ccc3c(c2)OC(=O)CC3C)nn2c(C(F)(F)F)nnc2c1C. The fourth-order valence-electron chi connectivity index (χ4n) is 3.09. The molecule has 0 amide bonds. The van der Waals surface area contributed by atoms with E-state index < -0.39 is 12.0 Å². The van der Waals surface area contributed by atoms with Crippen molar-refractivity contribution in [1.29, 1.82) is 0 Å². The Balaban J connectivity index is 1.77. The molecule has 0 radical (unpaired) electrons. The number of rotatable bonds is 2. The number of aromatic nitrogens is 4. The summed E-state index contributed by atoms with van der Waals surface area (Å²) in [5, 5.41) is 10.7. The monoisotopic (exact) mass is 392 g/mol. The molecule has 2 aromatic heterocycles. The number of hydrogen-bond acceptors (Lipinski definition) is 6. The van der Waals surface area contributed by atoms with E-state index in [1.807, 2.05) is 6.92 Å². The van der Waals surface area contributed by atoms with Crippen molar-refractivity contribution in [2.45, 2.75) is 39.3 Å². The normalized spacial score (nSPS) is 16.8. The second-order valence-electron chi connectivity index (χ2n) is 6.69. The number of hydrogen-bond donors (Lipinski definition) is 0. The molecular weight excluding hydrogens is 377 g/mol. The number of alkyl halides is 3. The molecule has 7 nitrogen and oxygen atoms in total. The molecular formula is C18H15F3N4O3. The first-order valence-corrected chi connectivity index (χ1v) is 8.47. The molecule has 0 bridgehead atoms. The lowest BCUT2D eigenvalue weighted by Crippen LogP contribution is -2.18. The van der Waals surface area contributed by atoms with E-state index in [1.54, 1.807) is 26.0 Å². The molecule has 28 heavy (non-hydrogen) atoms. The number of fused-ring (bicyclic) bond motifs is 2. The summed E-state index contributed by atoms with van der Waals surface area (Å²) in [7, 11) is 0. The molecule has 1 aliphatic heterocycles. The van der Waals surface area contributed by atoms with Crippen LogP contribution in [0.25, 0.3) is 5.65 Å². The van der Waals surface area contributed by atoms with Crippen LogP contribution in [0.2, 0.25) is 0 Å². The quantitative estimate of drug-likeness (QED) is 0.485. The van der Waals surface area contributed by atoms with Crippen molar-refractivity contribution in [1.82, 2.24) is 19.8 Å². The molecule has 1 aliphatic rings. The van der Waals surface area contributed by atoms with Crippen LogP contribution in [0.3, 0.4) is 0 Å². The van der Waals surface area contributed by atoms with Crippen LogP contribution in [-0.4, -0.2) is 25.8 Å². The number of carbonyl (C=O) groups is 1. The fraction of sp³-hybridized carbons (Fsp3) is 0.333. The van der Waals surface area contributed by atoms with E-state index in [1.165, 1.54) is 6.07 Å². The van der Waals surface area contributed by atoms with Crippen LogP contribution in [0, 0.1) is 13.8 Å². The minimum Gasteiger partial charge on any atom is -0.437 e. The summed E-state index contributed by atoms with van der Waals surface area (Å²) >= 11 is 0. The van der Waals surface area contributed by atoms with Crippen molar-refractivity contribution in [2.24, 2.45) is 0 Å². The van der Waals surface area contributed by atoms with Crippen LogP contribution in [-0.2, 0) is 11.0 Å². The van der Waals surface area contributed by atoms with Crippen molar-refractivity contribution in [3.05, 3.63) is 40.7 Å². The maximum atomic E-state index is 13.2. The van der Waals surface area contributed by atoms with Gasteiger partial charge in [-0.2, -0.15) is 17.7 Å². The molecule has 3 heterocycles. The molecule has 3 aromatic rings. The number of ether oxygens (including phenoxy) is 2. The van der Waals surface area contributed by atoms with Gasteiger partial charge < -0.3 is 9.47 Å². The van der Waals surface area contributed by atoms with Gasteiger partial charge in [-0.1, -0.05) is 13.0 Å². The van der Waals surface area contributed by atoms with Gasteiger partial charge in [-0.3, -0.25) is 4.79 Å². The molecule has 1 unspecified atom stereocenters. The molecule has 0 saturated heterocycles. The van der Waals surface area contributed by atoms with Gasteiger partial charge in [0.2, 0.25) is 5.88 Å². The van der Waals surface area contributed by atoms with Crippen LogP contribution in [0.4, 0.5) is 13.2 Å². The van der Waals surface area contributed by atoms with Crippen LogP contribution >= 0.6 is 0 Å². The average molecular weight is 392 g/mol. The van der Waals surface area contributed by atoms with Gasteiger partial charge in [-0.25, -0.2) is 0 Å². The van der Waals surface area contributed by atoms with E-state index in [0.717, 1.165) is 5.56 Å². The van der Waals surface area contributed by atoms with Gasteiger partial charge in [0.1, 0.15) is 11.5 Å². The third kappa shape index (κ3) is 2.94. The lowest BCUT2D eigenvalue weighted by Gasteiger charge is -2.22. The van der Waals surface area contributed by atoms with Gasteiger partial charge in [0, 0.05) is 17.2 Å². The molecule has 10 heteroatoms. The van der Waals surface area contributed by atoms with Crippen LogP contribution in [0.15, 0.2) is 18.2 Å². The minimum atomic E-state index is -4.71.